The summed E-state index contributed by atoms with van der Waals surface area (Å²) in [5.41, 5.74) is 3.76. The Kier molecular flexibility index (Phi) is 5.09. The first kappa shape index (κ1) is 15.8. The highest BCUT2D eigenvalue weighted by Crippen LogP contribution is 2.37. The van der Waals surface area contributed by atoms with Gasteiger partial charge in [0.15, 0.2) is 0 Å². The van der Waals surface area contributed by atoms with Crippen LogP contribution in [0, 0.1) is 5.92 Å². The van der Waals surface area contributed by atoms with E-state index in [-0.39, 0.29) is 12.1 Å². The summed E-state index contributed by atoms with van der Waals surface area (Å²) in [6.45, 7) is 2.22. The van der Waals surface area contributed by atoms with Gasteiger partial charge in [0.1, 0.15) is 7.11 Å². The Morgan fingerprint density at radius 1 is 1.00 bits per heavy atom. The highest BCUT2D eigenvalue weighted by atomic mass is 16.6. The number of nitrogens with zero attached hydrogens (tertiary/aromatic N) is 1. The van der Waals surface area contributed by atoms with Crippen molar-refractivity contribution in [3.8, 4) is 0 Å². The van der Waals surface area contributed by atoms with Gasteiger partial charge < -0.3 is 10.2 Å². The molecule has 23 heavy (non-hydrogen) atoms. The molecule has 2 aromatic carbocycles. The molecule has 0 aliphatic carbocycles. The van der Waals surface area contributed by atoms with Crippen LogP contribution in [-0.2, 0) is 4.84 Å². The Balaban J connectivity index is 1.96. The SMILES string of the molecule is CC[C@@H]1/C(=N/OC)C[C@@H](c2ccccc2)N[C@H]1c1ccccc1. The average Bonchev–Trinajstić information content (AvgIpc) is 2.63. The number of nitrogens with one attached hydrogen (secondary N) is 1. The summed E-state index contributed by atoms with van der Waals surface area (Å²) < 4.78 is 0. The smallest absolute Gasteiger partial charge is 0.106 e. The zero-order chi connectivity index (χ0) is 16.1. The minimum absolute atomic E-state index is 0.258. The predicted molar refractivity (Wildman–Crippen MR) is 94.3 cm³/mol. The summed E-state index contributed by atoms with van der Waals surface area (Å²) >= 11 is 0. The van der Waals surface area contributed by atoms with Crippen LogP contribution in [0.5, 0.6) is 0 Å². The zero-order valence-corrected chi connectivity index (χ0v) is 13.8. The molecule has 0 unspecified atom stereocenters. The fraction of sp³-hybridized carbons (Fsp3) is 0.350. The van der Waals surface area contributed by atoms with Crippen molar-refractivity contribution in [1.82, 2.24) is 5.32 Å². The van der Waals surface area contributed by atoms with E-state index in [1.165, 1.54) is 11.1 Å². The van der Waals surface area contributed by atoms with E-state index in [1.54, 1.807) is 7.11 Å². The van der Waals surface area contributed by atoms with Gasteiger partial charge in [-0.1, -0.05) is 72.7 Å². The number of rotatable bonds is 4. The molecule has 0 aromatic heterocycles. The Morgan fingerprint density at radius 2 is 1.61 bits per heavy atom. The molecule has 1 saturated heterocycles. The minimum atomic E-state index is 0.258. The molecule has 3 heteroatoms. The molecule has 2 aromatic rings. The maximum atomic E-state index is 5.14. The van der Waals surface area contributed by atoms with Crippen LogP contribution in [0.2, 0.25) is 0 Å². The van der Waals surface area contributed by atoms with Crippen LogP contribution in [0.25, 0.3) is 0 Å². The van der Waals surface area contributed by atoms with Crippen molar-refractivity contribution in [3.05, 3.63) is 71.8 Å². The van der Waals surface area contributed by atoms with E-state index in [0.717, 1.165) is 18.6 Å². The summed E-state index contributed by atoms with van der Waals surface area (Å²) in [5, 5.41) is 8.20. The standard InChI is InChI=1S/C20H24N2O/c1-3-17-19(22-23-2)14-18(15-10-6-4-7-11-15)21-20(17)16-12-8-5-9-13-16/h4-13,17-18,20-21H,3,14H2,1-2H3/b22-19+/t17-,18+,20+/m1/s1. The summed E-state index contributed by atoms with van der Waals surface area (Å²) in [7, 11) is 1.64. The van der Waals surface area contributed by atoms with Crippen LogP contribution in [0.1, 0.15) is 43.0 Å². The Morgan fingerprint density at radius 3 is 2.17 bits per heavy atom. The molecule has 0 bridgehead atoms. The number of benzene rings is 2. The van der Waals surface area contributed by atoms with Gasteiger partial charge in [0.2, 0.25) is 0 Å². The second-order valence-corrected chi connectivity index (χ2v) is 6.00. The maximum Gasteiger partial charge on any atom is 0.106 e. The lowest BCUT2D eigenvalue weighted by Crippen LogP contribution is -2.42. The third-order valence-electron chi connectivity index (χ3n) is 4.63. The van der Waals surface area contributed by atoms with Crippen LogP contribution < -0.4 is 5.32 Å². The Bertz CT molecular complexity index is 639. The monoisotopic (exact) mass is 308 g/mol. The van der Waals surface area contributed by atoms with Gasteiger partial charge in [0.25, 0.3) is 0 Å². The summed E-state index contributed by atoms with van der Waals surface area (Å²) in [5.74, 6) is 0.359. The van der Waals surface area contributed by atoms with Crippen LogP contribution in [0.15, 0.2) is 65.8 Å². The minimum Gasteiger partial charge on any atom is -0.399 e. The lowest BCUT2D eigenvalue weighted by molar-refractivity contribution is 0.203. The number of hydrogen-bond donors (Lipinski definition) is 1. The third-order valence-corrected chi connectivity index (χ3v) is 4.63. The van der Waals surface area contributed by atoms with Crippen molar-refractivity contribution in [2.45, 2.75) is 31.8 Å². The first-order chi connectivity index (χ1) is 11.3. The lowest BCUT2D eigenvalue weighted by Gasteiger charge is -2.38. The van der Waals surface area contributed by atoms with Gasteiger partial charge in [0, 0.05) is 24.4 Å². The van der Waals surface area contributed by atoms with E-state index in [4.69, 9.17) is 4.84 Å². The predicted octanol–water partition coefficient (Wildman–Crippen LogP) is 4.49. The second-order valence-electron chi connectivity index (χ2n) is 6.00. The van der Waals surface area contributed by atoms with Gasteiger partial charge in [-0.2, -0.15) is 0 Å². The number of oxime groups is 1. The topological polar surface area (TPSA) is 33.6 Å². The van der Waals surface area contributed by atoms with E-state index < -0.39 is 0 Å². The molecule has 1 aliphatic rings. The fourth-order valence-corrected chi connectivity index (χ4v) is 3.53. The Labute approximate surface area is 138 Å². The van der Waals surface area contributed by atoms with E-state index in [2.05, 4.69) is 78.1 Å². The first-order valence-electron chi connectivity index (χ1n) is 8.29. The summed E-state index contributed by atoms with van der Waals surface area (Å²) in [6, 6.07) is 21.8. The number of hydrogen-bond acceptors (Lipinski definition) is 3. The largest absolute Gasteiger partial charge is 0.399 e. The molecule has 0 spiro atoms. The van der Waals surface area contributed by atoms with Gasteiger partial charge in [0.05, 0.1) is 5.71 Å². The van der Waals surface area contributed by atoms with Crippen molar-refractivity contribution in [3.63, 3.8) is 0 Å². The molecule has 120 valence electrons. The van der Waals surface area contributed by atoms with Gasteiger partial charge >= 0.3 is 0 Å². The molecule has 0 radical (unpaired) electrons. The van der Waals surface area contributed by atoms with Crippen LogP contribution >= 0.6 is 0 Å². The maximum absolute atomic E-state index is 5.14. The lowest BCUT2D eigenvalue weighted by atomic mass is 9.79. The van der Waals surface area contributed by atoms with Crippen molar-refractivity contribution >= 4 is 5.71 Å². The molecule has 3 rings (SSSR count). The number of piperidine rings is 1. The van der Waals surface area contributed by atoms with Crippen LogP contribution in [0.4, 0.5) is 0 Å². The summed E-state index contributed by atoms with van der Waals surface area (Å²) in [4.78, 5) is 5.14. The van der Waals surface area contributed by atoms with E-state index >= 15 is 0 Å². The normalized spacial score (nSPS) is 26.2. The first-order valence-corrected chi connectivity index (χ1v) is 8.29. The Hall–Kier alpha value is -2.13. The fourth-order valence-electron chi connectivity index (χ4n) is 3.53. The van der Waals surface area contributed by atoms with Gasteiger partial charge in [-0.3, -0.25) is 0 Å². The van der Waals surface area contributed by atoms with E-state index in [9.17, 15) is 0 Å². The second kappa shape index (κ2) is 7.42. The third kappa shape index (κ3) is 3.45. The van der Waals surface area contributed by atoms with E-state index in [0.29, 0.717) is 5.92 Å². The molecular weight excluding hydrogens is 284 g/mol. The molecule has 1 N–H and O–H groups in total. The van der Waals surface area contributed by atoms with Gasteiger partial charge in [-0.25, -0.2) is 0 Å². The highest BCUT2D eigenvalue weighted by molar-refractivity contribution is 5.88. The van der Waals surface area contributed by atoms with Crippen LogP contribution in [0.3, 0.4) is 0 Å². The molecule has 0 saturated carbocycles. The molecule has 1 heterocycles. The van der Waals surface area contributed by atoms with Crippen molar-refractivity contribution in [1.29, 1.82) is 0 Å². The molecule has 3 atom stereocenters. The average molecular weight is 308 g/mol. The van der Waals surface area contributed by atoms with E-state index in [1.807, 2.05) is 0 Å². The van der Waals surface area contributed by atoms with Crippen molar-refractivity contribution < 1.29 is 4.84 Å². The molecule has 0 amide bonds. The zero-order valence-electron chi connectivity index (χ0n) is 13.8. The van der Waals surface area contributed by atoms with Gasteiger partial charge in [-0.15, -0.1) is 0 Å². The molecule has 3 nitrogen and oxygen atoms in total. The molecule has 1 aliphatic heterocycles. The van der Waals surface area contributed by atoms with Crippen molar-refractivity contribution in [2.75, 3.05) is 7.11 Å². The van der Waals surface area contributed by atoms with Crippen LogP contribution in [-0.4, -0.2) is 12.8 Å². The van der Waals surface area contributed by atoms with Crippen molar-refractivity contribution in [2.24, 2.45) is 11.1 Å². The van der Waals surface area contributed by atoms with Gasteiger partial charge in [-0.05, 0) is 17.5 Å². The quantitative estimate of drug-likeness (QED) is 0.844. The molecule has 1 fully saturated rings. The molecular formula is C20H24N2O. The highest BCUT2D eigenvalue weighted by Gasteiger charge is 2.35. The summed E-state index contributed by atoms with van der Waals surface area (Å²) in [6.07, 6.45) is 1.93.